The number of pyridine rings is 1. The van der Waals surface area contributed by atoms with Crippen LogP contribution in [0, 0.1) is 0 Å². The summed E-state index contributed by atoms with van der Waals surface area (Å²) in [6, 6.07) is 6.87. The van der Waals surface area contributed by atoms with Crippen LogP contribution in [0.3, 0.4) is 0 Å². The maximum Gasteiger partial charge on any atom is 0.141 e. The van der Waals surface area contributed by atoms with Gasteiger partial charge in [0.2, 0.25) is 0 Å². The van der Waals surface area contributed by atoms with Crippen LogP contribution < -0.4 is 5.73 Å². The van der Waals surface area contributed by atoms with Crippen molar-refractivity contribution >= 4 is 10.9 Å². The monoisotopic (exact) mass is 200 g/mol. The lowest BCUT2D eigenvalue weighted by molar-refractivity contribution is 0.480. The Kier molecular flexibility index (Phi) is 2.39. The zero-order valence-corrected chi connectivity index (χ0v) is 8.22. The number of phenols is 1. The van der Waals surface area contributed by atoms with E-state index in [0.717, 1.165) is 10.9 Å². The van der Waals surface area contributed by atoms with Gasteiger partial charge in [-0.05, 0) is 17.7 Å². The third kappa shape index (κ3) is 1.57. The number of fused-ring (bicyclic) bond motifs is 1. The Morgan fingerprint density at radius 3 is 2.93 bits per heavy atom. The van der Waals surface area contributed by atoms with Gasteiger partial charge in [0.05, 0.1) is 0 Å². The van der Waals surface area contributed by atoms with Crippen LogP contribution >= 0.6 is 0 Å². The number of aromatic hydroxyl groups is 1. The largest absolute Gasteiger partial charge is 0.506 e. The first-order valence-electron chi connectivity index (χ1n) is 4.69. The average molecular weight is 200 g/mol. The summed E-state index contributed by atoms with van der Waals surface area (Å²) >= 11 is 0. The summed E-state index contributed by atoms with van der Waals surface area (Å²) in [6.45, 7) is 3.66. The second kappa shape index (κ2) is 3.71. The van der Waals surface area contributed by atoms with Crippen LogP contribution in [0.5, 0.6) is 5.75 Å². The Balaban J connectivity index is 2.77. The number of rotatable bonds is 2. The zero-order chi connectivity index (χ0) is 10.8. The smallest absolute Gasteiger partial charge is 0.141 e. The van der Waals surface area contributed by atoms with E-state index in [-0.39, 0.29) is 11.8 Å². The van der Waals surface area contributed by atoms with Crippen LogP contribution in [0.15, 0.2) is 43.1 Å². The van der Waals surface area contributed by atoms with Crippen molar-refractivity contribution in [1.29, 1.82) is 0 Å². The first-order valence-corrected chi connectivity index (χ1v) is 4.69. The van der Waals surface area contributed by atoms with Crippen LogP contribution in [0.1, 0.15) is 11.6 Å². The summed E-state index contributed by atoms with van der Waals surface area (Å²) in [4.78, 5) is 4.12. The molecule has 2 aromatic rings. The van der Waals surface area contributed by atoms with Crippen molar-refractivity contribution in [2.75, 3.05) is 0 Å². The molecule has 0 aliphatic rings. The maximum atomic E-state index is 9.62. The van der Waals surface area contributed by atoms with Crippen molar-refractivity contribution in [2.24, 2.45) is 5.73 Å². The highest BCUT2D eigenvalue weighted by Gasteiger charge is 2.09. The maximum absolute atomic E-state index is 9.62. The molecule has 1 aromatic carbocycles. The lowest BCUT2D eigenvalue weighted by Gasteiger charge is -2.10. The van der Waals surface area contributed by atoms with Crippen molar-refractivity contribution < 1.29 is 5.11 Å². The molecule has 2 rings (SSSR count). The molecule has 3 nitrogen and oxygen atoms in total. The molecule has 1 heterocycles. The van der Waals surface area contributed by atoms with E-state index in [9.17, 15) is 5.11 Å². The Labute approximate surface area is 87.9 Å². The van der Waals surface area contributed by atoms with Crippen molar-refractivity contribution in [1.82, 2.24) is 4.98 Å². The van der Waals surface area contributed by atoms with Gasteiger partial charge in [0.25, 0.3) is 0 Å². The van der Waals surface area contributed by atoms with Crippen LogP contribution in [0.2, 0.25) is 0 Å². The third-order valence-corrected chi connectivity index (χ3v) is 2.40. The molecule has 0 saturated heterocycles. The van der Waals surface area contributed by atoms with Gasteiger partial charge >= 0.3 is 0 Å². The minimum atomic E-state index is -0.239. The van der Waals surface area contributed by atoms with Gasteiger partial charge in [-0.3, -0.25) is 4.98 Å². The predicted molar refractivity (Wildman–Crippen MR) is 60.5 cm³/mol. The van der Waals surface area contributed by atoms with E-state index in [0.29, 0.717) is 5.52 Å². The number of phenolic OH excluding ortho intramolecular Hbond substituents is 1. The van der Waals surface area contributed by atoms with Gasteiger partial charge in [-0.2, -0.15) is 0 Å². The first-order chi connectivity index (χ1) is 7.24. The number of hydrogen-bond acceptors (Lipinski definition) is 3. The summed E-state index contributed by atoms with van der Waals surface area (Å²) in [7, 11) is 0. The molecule has 1 aromatic heterocycles. The molecule has 1 unspecified atom stereocenters. The summed E-state index contributed by atoms with van der Waals surface area (Å²) in [5, 5.41) is 10.5. The summed E-state index contributed by atoms with van der Waals surface area (Å²) in [5.41, 5.74) is 7.38. The van der Waals surface area contributed by atoms with E-state index < -0.39 is 0 Å². The Hall–Kier alpha value is -1.87. The van der Waals surface area contributed by atoms with E-state index in [2.05, 4.69) is 11.6 Å². The van der Waals surface area contributed by atoms with Crippen molar-refractivity contribution in [3.05, 3.63) is 48.7 Å². The summed E-state index contributed by atoms with van der Waals surface area (Å²) in [5.74, 6) is 0.172. The van der Waals surface area contributed by atoms with Crippen molar-refractivity contribution in [3.8, 4) is 5.75 Å². The Morgan fingerprint density at radius 1 is 1.40 bits per heavy atom. The average Bonchev–Trinajstić information content (AvgIpc) is 2.29. The van der Waals surface area contributed by atoms with E-state index >= 15 is 0 Å². The van der Waals surface area contributed by atoms with Gasteiger partial charge in [0.1, 0.15) is 11.3 Å². The molecule has 3 heteroatoms. The Morgan fingerprint density at radius 2 is 2.20 bits per heavy atom. The molecule has 0 saturated carbocycles. The number of nitrogens with two attached hydrogens (primary N) is 1. The quantitative estimate of drug-likeness (QED) is 0.730. The van der Waals surface area contributed by atoms with Crippen LogP contribution in [-0.2, 0) is 0 Å². The standard InChI is InChI=1S/C12H12N2O/c1-2-10(13)8-5-6-11(15)12-9(8)4-3-7-14-12/h2-7,10,15H,1,13H2. The lowest BCUT2D eigenvalue weighted by atomic mass is 10.0. The fraction of sp³-hybridized carbons (Fsp3) is 0.0833. The van der Waals surface area contributed by atoms with Crippen molar-refractivity contribution in [2.45, 2.75) is 6.04 Å². The van der Waals surface area contributed by atoms with E-state index in [4.69, 9.17) is 5.73 Å². The molecule has 1 atom stereocenters. The molecule has 15 heavy (non-hydrogen) atoms. The second-order valence-corrected chi connectivity index (χ2v) is 3.33. The van der Waals surface area contributed by atoms with Gasteiger partial charge in [-0.1, -0.05) is 18.2 Å². The fourth-order valence-electron chi connectivity index (χ4n) is 1.60. The molecule has 0 amide bonds. The fourth-order valence-corrected chi connectivity index (χ4v) is 1.60. The minimum Gasteiger partial charge on any atom is -0.506 e. The lowest BCUT2D eigenvalue weighted by Crippen LogP contribution is -2.07. The molecule has 0 aliphatic carbocycles. The van der Waals surface area contributed by atoms with Crippen LogP contribution in [0.25, 0.3) is 10.9 Å². The SMILES string of the molecule is C=CC(N)c1ccc(O)c2ncccc12. The highest BCUT2D eigenvalue weighted by Crippen LogP contribution is 2.28. The zero-order valence-electron chi connectivity index (χ0n) is 8.22. The Bertz CT molecular complexity index is 508. The molecule has 0 bridgehead atoms. The van der Waals surface area contributed by atoms with Gasteiger partial charge in [0, 0.05) is 17.6 Å². The summed E-state index contributed by atoms with van der Waals surface area (Å²) in [6.07, 6.45) is 3.31. The van der Waals surface area contributed by atoms with Gasteiger partial charge in [-0.15, -0.1) is 6.58 Å². The molecule has 0 spiro atoms. The number of nitrogens with zero attached hydrogens (tertiary/aromatic N) is 1. The van der Waals surface area contributed by atoms with Gasteiger partial charge < -0.3 is 10.8 Å². The highest BCUT2D eigenvalue weighted by molar-refractivity contribution is 5.87. The predicted octanol–water partition coefficient (Wildman–Crippen LogP) is 2.13. The molecule has 3 N–H and O–H groups in total. The van der Waals surface area contributed by atoms with Gasteiger partial charge in [0.15, 0.2) is 0 Å². The first kappa shape index (κ1) is 9.68. The number of aromatic nitrogens is 1. The van der Waals surface area contributed by atoms with Crippen LogP contribution in [0.4, 0.5) is 0 Å². The number of benzene rings is 1. The van der Waals surface area contributed by atoms with Gasteiger partial charge in [-0.25, -0.2) is 0 Å². The molecule has 76 valence electrons. The van der Waals surface area contributed by atoms with Crippen LogP contribution in [-0.4, -0.2) is 10.1 Å². The van der Waals surface area contributed by atoms with E-state index in [1.54, 1.807) is 24.4 Å². The minimum absolute atomic E-state index is 0.172. The molecule has 0 radical (unpaired) electrons. The van der Waals surface area contributed by atoms with E-state index in [1.807, 2.05) is 12.1 Å². The van der Waals surface area contributed by atoms with E-state index in [1.165, 1.54) is 0 Å². The topological polar surface area (TPSA) is 59.1 Å². The molecular formula is C12H12N2O. The highest BCUT2D eigenvalue weighted by atomic mass is 16.3. The van der Waals surface area contributed by atoms with Crippen molar-refractivity contribution in [3.63, 3.8) is 0 Å². The normalized spacial score (nSPS) is 12.6. The molecule has 0 aliphatic heterocycles. The second-order valence-electron chi connectivity index (χ2n) is 3.33. The molecule has 0 fully saturated rings. The number of hydrogen-bond donors (Lipinski definition) is 2. The molecular weight excluding hydrogens is 188 g/mol. The third-order valence-electron chi connectivity index (χ3n) is 2.40. The summed E-state index contributed by atoms with van der Waals surface area (Å²) < 4.78 is 0.